The summed E-state index contributed by atoms with van der Waals surface area (Å²) in [5.41, 5.74) is 1.35. The molecule has 0 bridgehead atoms. The summed E-state index contributed by atoms with van der Waals surface area (Å²) in [4.78, 5) is 0.379. The zero-order valence-electron chi connectivity index (χ0n) is 23.1. The lowest BCUT2D eigenvalue weighted by Gasteiger charge is -2.54. The monoisotopic (exact) mass is 528 g/mol. The highest BCUT2D eigenvalue weighted by Crippen LogP contribution is 2.64. The first-order valence-corrected chi connectivity index (χ1v) is 16.5. The van der Waals surface area contributed by atoms with Gasteiger partial charge in [0, 0.05) is 0 Å². The summed E-state index contributed by atoms with van der Waals surface area (Å²) in [7, 11) is -3.47. The van der Waals surface area contributed by atoms with Gasteiger partial charge in [-0.1, -0.05) is 43.7 Å². The van der Waals surface area contributed by atoms with Crippen molar-refractivity contribution in [2.75, 3.05) is 0 Å². The van der Waals surface area contributed by atoms with Crippen LogP contribution in [0.5, 0.6) is 0 Å². The molecule has 0 amide bonds. The van der Waals surface area contributed by atoms with Crippen molar-refractivity contribution >= 4 is 9.84 Å². The van der Waals surface area contributed by atoms with Crippen molar-refractivity contribution in [3.05, 3.63) is 42.0 Å². The Morgan fingerprint density at radius 3 is 2.51 bits per heavy atom. The van der Waals surface area contributed by atoms with Crippen LogP contribution in [0.2, 0.25) is 0 Å². The molecule has 4 aliphatic carbocycles. The minimum atomic E-state index is -3.47. The van der Waals surface area contributed by atoms with Crippen LogP contribution in [0.25, 0.3) is 0 Å². The second-order valence-corrected chi connectivity index (χ2v) is 15.5. The molecule has 0 saturated heterocycles. The maximum atomic E-state index is 13.5. The molecule has 8 unspecified atom stereocenters. The van der Waals surface area contributed by atoms with Crippen LogP contribution in [0.1, 0.15) is 97.8 Å². The lowest BCUT2D eigenvalue weighted by Crippen LogP contribution is -2.47. The Bertz CT molecular complexity index is 1080. The van der Waals surface area contributed by atoms with E-state index in [0.717, 1.165) is 56.3 Å². The van der Waals surface area contributed by atoms with Gasteiger partial charge >= 0.3 is 0 Å². The maximum Gasteiger partial charge on any atom is 0.181 e. The summed E-state index contributed by atoms with van der Waals surface area (Å²) >= 11 is 0. The van der Waals surface area contributed by atoms with Gasteiger partial charge in [0.25, 0.3) is 0 Å². The molecule has 0 aliphatic heterocycles. The van der Waals surface area contributed by atoms with E-state index in [-0.39, 0.29) is 5.41 Å². The SMILES string of the molecule is CC[C@]1(O)CCC2C(=CCC3C2CCC2(C)C(CCC(CC(C)O)S(=O)(=O)c4ccccc4)CCC32)C1. The van der Waals surface area contributed by atoms with Gasteiger partial charge < -0.3 is 10.2 Å². The number of aliphatic hydroxyl groups excluding tert-OH is 1. The Hall–Kier alpha value is -1.17. The molecule has 9 atom stereocenters. The summed E-state index contributed by atoms with van der Waals surface area (Å²) in [6.45, 7) is 6.34. The summed E-state index contributed by atoms with van der Waals surface area (Å²) in [5.74, 6) is 3.46. The molecule has 4 nitrogen and oxygen atoms in total. The molecule has 37 heavy (non-hydrogen) atoms. The predicted molar refractivity (Wildman–Crippen MR) is 149 cm³/mol. The fourth-order valence-electron chi connectivity index (χ4n) is 9.22. The summed E-state index contributed by atoms with van der Waals surface area (Å²) < 4.78 is 27.0. The molecule has 3 saturated carbocycles. The third-order valence-electron chi connectivity index (χ3n) is 11.4. The lowest BCUT2D eigenvalue weighted by atomic mass is 9.51. The highest BCUT2D eigenvalue weighted by Gasteiger charge is 2.56. The number of fused-ring (bicyclic) bond motifs is 5. The Labute approximate surface area is 224 Å². The molecule has 0 radical (unpaired) electrons. The number of aliphatic hydroxyl groups is 2. The first-order valence-electron chi connectivity index (χ1n) is 15.0. The summed E-state index contributed by atoms with van der Waals surface area (Å²) in [6.07, 6.45) is 13.7. The van der Waals surface area contributed by atoms with Crippen LogP contribution >= 0.6 is 0 Å². The molecule has 2 N–H and O–H groups in total. The van der Waals surface area contributed by atoms with Gasteiger partial charge in [0.2, 0.25) is 0 Å². The van der Waals surface area contributed by atoms with Crippen LogP contribution < -0.4 is 0 Å². The second-order valence-electron chi connectivity index (χ2n) is 13.3. The van der Waals surface area contributed by atoms with E-state index >= 15 is 0 Å². The smallest absolute Gasteiger partial charge is 0.181 e. The van der Waals surface area contributed by atoms with E-state index in [9.17, 15) is 18.6 Å². The first kappa shape index (κ1) is 27.4. The second kappa shape index (κ2) is 10.4. The van der Waals surface area contributed by atoms with Gasteiger partial charge in [-0.05, 0) is 131 Å². The average Bonchev–Trinajstić information content (AvgIpc) is 3.22. The molecule has 0 spiro atoms. The van der Waals surface area contributed by atoms with E-state index in [4.69, 9.17) is 0 Å². The predicted octanol–water partition coefficient (Wildman–Crippen LogP) is 6.71. The molecule has 5 rings (SSSR count). The standard InChI is InChI=1S/C32H48O4S/c1-4-32(34)19-17-27-23(21-32)10-14-29-28(27)16-18-31(3)24(12-15-30(29)31)11-13-26(20-22(2)33)37(35,36)25-8-6-5-7-9-25/h5-10,22,24,26-30,33-34H,4,11-21H2,1-3H3/t22?,24?,26?,27?,28?,29?,30?,31?,32-/m0/s1. The molecule has 1 aromatic rings. The molecular formula is C32H48O4S. The van der Waals surface area contributed by atoms with Crippen LogP contribution in [0.15, 0.2) is 46.9 Å². The summed E-state index contributed by atoms with van der Waals surface area (Å²) in [5, 5.41) is 20.5. The molecule has 1 aromatic carbocycles. The van der Waals surface area contributed by atoms with Crippen molar-refractivity contribution < 1.29 is 18.6 Å². The highest BCUT2D eigenvalue weighted by molar-refractivity contribution is 7.92. The molecule has 4 aliphatic rings. The van der Waals surface area contributed by atoms with Gasteiger partial charge in [0.15, 0.2) is 9.84 Å². The fraction of sp³-hybridized carbons (Fsp3) is 0.750. The van der Waals surface area contributed by atoms with Crippen molar-refractivity contribution in [1.29, 1.82) is 0 Å². The number of benzene rings is 1. The lowest BCUT2D eigenvalue weighted by molar-refractivity contribution is -0.0407. The van der Waals surface area contributed by atoms with E-state index < -0.39 is 26.8 Å². The highest BCUT2D eigenvalue weighted by atomic mass is 32.2. The quantitative estimate of drug-likeness (QED) is 0.368. The van der Waals surface area contributed by atoms with Crippen LogP contribution in [-0.2, 0) is 9.84 Å². The zero-order chi connectivity index (χ0) is 26.4. The van der Waals surface area contributed by atoms with Crippen LogP contribution in [0.3, 0.4) is 0 Å². The Morgan fingerprint density at radius 1 is 1.05 bits per heavy atom. The normalized spacial score (nSPS) is 39.2. The van der Waals surface area contributed by atoms with Crippen LogP contribution in [0, 0.1) is 35.0 Å². The van der Waals surface area contributed by atoms with Crippen molar-refractivity contribution in [2.24, 2.45) is 35.0 Å². The Balaban J connectivity index is 1.29. The van der Waals surface area contributed by atoms with E-state index in [2.05, 4.69) is 19.9 Å². The van der Waals surface area contributed by atoms with E-state index in [1.165, 1.54) is 25.7 Å². The molecule has 0 heterocycles. The van der Waals surface area contributed by atoms with Gasteiger partial charge in [-0.2, -0.15) is 0 Å². The van der Waals surface area contributed by atoms with Gasteiger partial charge in [-0.3, -0.25) is 0 Å². The zero-order valence-corrected chi connectivity index (χ0v) is 23.9. The minimum Gasteiger partial charge on any atom is -0.393 e. The van der Waals surface area contributed by atoms with E-state index in [1.807, 2.05) is 6.07 Å². The van der Waals surface area contributed by atoms with Crippen molar-refractivity contribution in [3.8, 4) is 0 Å². The van der Waals surface area contributed by atoms with E-state index in [1.54, 1.807) is 36.8 Å². The minimum absolute atomic E-state index is 0.289. The van der Waals surface area contributed by atoms with Crippen molar-refractivity contribution in [1.82, 2.24) is 0 Å². The van der Waals surface area contributed by atoms with Gasteiger partial charge in [-0.25, -0.2) is 8.42 Å². The van der Waals surface area contributed by atoms with Gasteiger partial charge in [0.1, 0.15) is 0 Å². The van der Waals surface area contributed by atoms with Crippen molar-refractivity contribution in [2.45, 2.75) is 120 Å². The van der Waals surface area contributed by atoms with Gasteiger partial charge in [-0.15, -0.1) is 0 Å². The molecular weight excluding hydrogens is 480 g/mol. The fourth-order valence-corrected chi connectivity index (χ4v) is 11.1. The number of hydrogen-bond donors (Lipinski definition) is 2. The summed E-state index contributed by atoms with van der Waals surface area (Å²) in [6, 6.07) is 8.80. The topological polar surface area (TPSA) is 74.6 Å². The number of allylic oxidation sites excluding steroid dienone is 1. The van der Waals surface area contributed by atoms with Crippen molar-refractivity contribution in [3.63, 3.8) is 0 Å². The number of rotatable bonds is 8. The van der Waals surface area contributed by atoms with Crippen LogP contribution in [0.4, 0.5) is 0 Å². The average molecular weight is 529 g/mol. The molecule has 0 aromatic heterocycles. The maximum absolute atomic E-state index is 13.5. The van der Waals surface area contributed by atoms with Crippen LogP contribution in [-0.4, -0.2) is 35.6 Å². The third kappa shape index (κ3) is 5.10. The Morgan fingerprint density at radius 2 is 1.81 bits per heavy atom. The molecule has 206 valence electrons. The molecule has 5 heteroatoms. The number of hydrogen-bond acceptors (Lipinski definition) is 4. The van der Waals surface area contributed by atoms with E-state index in [0.29, 0.717) is 29.6 Å². The van der Waals surface area contributed by atoms with Gasteiger partial charge in [0.05, 0.1) is 21.9 Å². The number of sulfone groups is 1. The first-order chi connectivity index (χ1) is 17.6. The Kier molecular flexibility index (Phi) is 7.72. The molecule has 3 fully saturated rings. The largest absolute Gasteiger partial charge is 0.393 e. The third-order valence-corrected chi connectivity index (χ3v) is 13.6.